The van der Waals surface area contributed by atoms with Gasteiger partial charge in [0, 0.05) is 55.3 Å². The van der Waals surface area contributed by atoms with Crippen LogP contribution in [0.4, 0.5) is 5.69 Å². The van der Waals surface area contributed by atoms with Crippen molar-refractivity contribution in [3.63, 3.8) is 0 Å². The lowest BCUT2D eigenvalue weighted by atomic mass is 10.1. The molecule has 2 aliphatic heterocycles. The maximum atomic E-state index is 11.5. The second-order valence-corrected chi connectivity index (χ2v) is 7.89. The van der Waals surface area contributed by atoms with Crippen molar-refractivity contribution in [1.82, 2.24) is 15.2 Å². The number of ether oxygens (including phenoxy) is 1. The molecule has 2 saturated heterocycles. The molecule has 1 amide bonds. The van der Waals surface area contributed by atoms with Crippen LogP contribution < -0.4 is 10.6 Å². The average molecular weight is 391 g/mol. The average Bonchev–Trinajstić information content (AvgIpc) is 3.08. The van der Waals surface area contributed by atoms with Crippen molar-refractivity contribution in [2.45, 2.75) is 31.8 Å². The van der Waals surface area contributed by atoms with Gasteiger partial charge in [-0.25, -0.2) is 0 Å². The van der Waals surface area contributed by atoms with E-state index < -0.39 is 0 Å². The van der Waals surface area contributed by atoms with E-state index in [1.54, 1.807) is 0 Å². The summed E-state index contributed by atoms with van der Waals surface area (Å²) in [7, 11) is 0. The fourth-order valence-electron chi connectivity index (χ4n) is 3.89. The molecule has 27 heavy (non-hydrogen) atoms. The van der Waals surface area contributed by atoms with Crippen molar-refractivity contribution in [2.75, 3.05) is 44.6 Å². The standard InChI is InChI=1S/C20H27ClN4O2/c21-15-9-14-10-16(4-6-25-7-5-22-19(26)13-25)24-20(14)18(11-15)23-12-17-3-1-2-8-27-17/h9-11,17,23-24H,1-8,12-13H2,(H,22,26). The van der Waals surface area contributed by atoms with Crippen LogP contribution in [0.15, 0.2) is 18.2 Å². The third kappa shape index (κ3) is 4.75. The van der Waals surface area contributed by atoms with Gasteiger partial charge in [-0.3, -0.25) is 9.69 Å². The van der Waals surface area contributed by atoms with Crippen LogP contribution in [0.2, 0.25) is 5.02 Å². The number of benzene rings is 1. The molecule has 0 aliphatic carbocycles. The van der Waals surface area contributed by atoms with Crippen molar-refractivity contribution < 1.29 is 9.53 Å². The molecule has 1 unspecified atom stereocenters. The predicted octanol–water partition coefficient (Wildman–Crippen LogP) is 2.78. The van der Waals surface area contributed by atoms with Crippen molar-refractivity contribution in [3.05, 3.63) is 28.9 Å². The SMILES string of the molecule is O=C1CN(CCc2cc3cc(Cl)cc(NCC4CCCCO4)c3[nH]2)CCN1. The topological polar surface area (TPSA) is 69.4 Å². The van der Waals surface area contributed by atoms with Crippen LogP contribution >= 0.6 is 11.6 Å². The van der Waals surface area contributed by atoms with Gasteiger partial charge in [0.1, 0.15) is 0 Å². The van der Waals surface area contributed by atoms with E-state index in [0.29, 0.717) is 6.54 Å². The lowest BCUT2D eigenvalue weighted by Crippen LogP contribution is -2.48. The summed E-state index contributed by atoms with van der Waals surface area (Å²) in [4.78, 5) is 17.2. The Bertz CT molecular complexity index is 801. The van der Waals surface area contributed by atoms with Gasteiger partial charge in [0.25, 0.3) is 0 Å². The third-order valence-electron chi connectivity index (χ3n) is 5.36. The number of hydrogen-bond donors (Lipinski definition) is 3. The van der Waals surface area contributed by atoms with Crippen LogP contribution in [0.25, 0.3) is 10.9 Å². The minimum Gasteiger partial charge on any atom is -0.381 e. The number of H-pyrrole nitrogens is 1. The molecule has 2 fully saturated rings. The summed E-state index contributed by atoms with van der Waals surface area (Å²) in [6.45, 7) is 4.66. The zero-order valence-electron chi connectivity index (χ0n) is 15.5. The summed E-state index contributed by atoms with van der Waals surface area (Å²) in [6.07, 6.45) is 4.66. The minimum absolute atomic E-state index is 0.112. The van der Waals surface area contributed by atoms with E-state index in [4.69, 9.17) is 16.3 Å². The highest BCUT2D eigenvalue weighted by molar-refractivity contribution is 6.31. The molecule has 0 bridgehead atoms. The zero-order valence-corrected chi connectivity index (χ0v) is 16.3. The van der Waals surface area contributed by atoms with Gasteiger partial charge in [-0.1, -0.05) is 11.6 Å². The van der Waals surface area contributed by atoms with Crippen LogP contribution in [0.5, 0.6) is 0 Å². The Hall–Kier alpha value is -1.76. The first-order valence-electron chi connectivity index (χ1n) is 9.83. The Morgan fingerprint density at radius 2 is 2.22 bits per heavy atom. The molecule has 6 nitrogen and oxygen atoms in total. The van der Waals surface area contributed by atoms with Crippen LogP contribution in [0.1, 0.15) is 25.0 Å². The number of carbonyl (C=O) groups excluding carboxylic acids is 1. The lowest BCUT2D eigenvalue weighted by molar-refractivity contribution is -0.124. The number of piperazine rings is 1. The molecule has 1 atom stereocenters. The van der Waals surface area contributed by atoms with Crippen LogP contribution in [0, 0.1) is 0 Å². The highest BCUT2D eigenvalue weighted by atomic mass is 35.5. The summed E-state index contributed by atoms with van der Waals surface area (Å²) in [5.41, 5.74) is 3.27. The number of nitrogens with one attached hydrogen (secondary N) is 3. The number of aromatic nitrogens is 1. The quantitative estimate of drug-likeness (QED) is 0.709. The number of hydrogen-bond acceptors (Lipinski definition) is 4. The molecule has 1 aromatic carbocycles. The van der Waals surface area contributed by atoms with Crippen LogP contribution in [-0.2, 0) is 16.0 Å². The Kier molecular flexibility index (Phi) is 5.86. The van der Waals surface area contributed by atoms with Crippen molar-refractivity contribution >= 4 is 34.1 Å². The molecule has 2 aromatic rings. The molecule has 3 N–H and O–H groups in total. The Morgan fingerprint density at radius 3 is 3.04 bits per heavy atom. The maximum absolute atomic E-state index is 11.5. The second kappa shape index (κ2) is 8.50. The van der Waals surface area contributed by atoms with Crippen molar-refractivity contribution in [2.24, 2.45) is 0 Å². The number of amides is 1. The zero-order chi connectivity index (χ0) is 18.6. The van der Waals surface area contributed by atoms with Gasteiger partial charge in [0.05, 0.1) is 23.9 Å². The fraction of sp³-hybridized carbons (Fsp3) is 0.550. The smallest absolute Gasteiger partial charge is 0.234 e. The number of carbonyl (C=O) groups is 1. The third-order valence-corrected chi connectivity index (χ3v) is 5.58. The molecule has 7 heteroatoms. The van der Waals surface area contributed by atoms with E-state index >= 15 is 0 Å². The summed E-state index contributed by atoms with van der Waals surface area (Å²) in [6, 6.07) is 6.13. The van der Waals surface area contributed by atoms with Crippen molar-refractivity contribution in [3.8, 4) is 0 Å². The molecule has 0 radical (unpaired) electrons. The normalized spacial score (nSPS) is 21.4. The lowest BCUT2D eigenvalue weighted by Gasteiger charge is -2.26. The molecule has 2 aliphatic rings. The Labute approximate surface area is 164 Å². The highest BCUT2D eigenvalue weighted by Gasteiger charge is 2.17. The van der Waals surface area contributed by atoms with Gasteiger partial charge in [-0.2, -0.15) is 0 Å². The van der Waals surface area contributed by atoms with E-state index in [1.165, 1.54) is 6.42 Å². The number of halogens is 1. The van der Waals surface area contributed by atoms with E-state index in [9.17, 15) is 4.79 Å². The fourth-order valence-corrected chi connectivity index (χ4v) is 4.12. The molecular weight excluding hydrogens is 364 g/mol. The first kappa shape index (κ1) is 18.6. The molecule has 3 heterocycles. The summed E-state index contributed by atoms with van der Waals surface area (Å²) in [5, 5.41) is 8.23. The van der Waals surface area contributed by atoms with Gasteiger partial charge in [-0.15, -0.1) is 0 Å². The number of anilines is 1. The minimum atomic E-state index is 0.112. The number of aromatic amines is 1. The maximum Gasteiger partial charge on any atom is 0.234 e. The van der Waals surface area contributed by atoms with Gasteiger partial charge >= 0.3 is 0 Å². The van der Waals surface area contributed by atoms with E-state index in [2.05, 4.69) is 26.6 Å². The van der Waals surface area contributed by atoms with Gasteiger partial charge in [-0.05, 0) is 37.5 Å². The Morgan fingerprint density at radius 1 is 1.30 bits per heavy atom. The molecule has 4 rings (SSSR count). The Balaban J connectivity index is 1.43. The highest BCUT2D eigenvalue weighted by Crippen LogP contribution is 2.29. The monoisotopic (exact) mass is 390 g/mol. The predicted molar refractivity (Wildman–Crippen MR) is 109 cm³/mol. The largest absolute Gasteiger partial charge is 0.381 e. The number of rotatable bonds is 6. The number of nitrogens with zero attached hydrogens (tertiary/aromatic N) is 1. The van der Waals surface area contributed by atoms with Gasteiger partial charge in [0.2, 0.25) is 5.91 Å². The number of fused-ring (bicyclic) bond motifs is 1. The van der Waals surface area contributed by atoms with Crippen molar-refractivity contribution in [1.29, 1.82) is 0 Å². The summed E-state index contributed by atoms with van der Waals surface area (Å²) < 4.78 is 5.82. The molecule has 0 saturated carbocycles. The molecule has 146 valence electrons. The molecular formula is C20H27ClN4O2. The molecule has 0 spiro atoms. The second-order valence-electron chi connectivity index (χ2n) is 7.46. The van der Waals surface area contributed by atoms with Gasteiger partial charge in [0.15, 0.2) is 0 Å². The first-order chi connectivity index (χ1) is 13.2. The molecule has 1 aromatic heterocycles. The van der Waals surface area contributed by atoms with Crippen LogP contribution in [-0.4, -0.2) is 61.2 Å². The first-order valence-corrected chi connectivity index (χ1v) is 10.2. The van der Waals surface area contributed by atoms with Gasteiger partial charge < -0.3 is 20.4 Å². The van der Waals surface area contributed by atoms with E-state index in [-0.39, 0.29) is 12.0 Å². The summed E-state index contributed by atoms with van der Waals surface area (Å²) >= 11 is 6.33. The summed E-state index contributed by atoms with van der Waals surface area (Å²) in [5.74, 6) is 0.112. The van der Waals surface area contributed by atoms with E-state index in [1.807, 2.05) is 12.1 Å². The van der Waals surface area contributed by atoms with E-state index in [0.717, 1.165) is 79.4 Å². The van der Waals surface area contributed by atoms with Crippen LogP contribution in [0.3, 0.4) is 0 Å².